The van der Waals surface area contributed by atoms with Crippen molar-refractivity contribution in [3.63, 3.8) is 0 Å². The summed E-state index contributed by atoms with van der Waals surface area (Å²) in [5.41, 5.74) is 12.3. The van der Waals surface area contributed by atoms with Gasteiger partial charge in [-0.15, -0.1) is 16.9 Å². The normalized spacial score (nSPS) is 15.3. The second-order valence-corrected chi connectivity index (χ2v) is 13.8. The summed E-state index contributed by atoms with van der Waals surface area (Å²) in [6.07, 6.45) is 3.67. The molecule has 0 radical (unpaired) electrons. The smallest absolute Gasteiger partial charge is 0.123 e. The summed E-state index contributed by atoms with van der Waals surface area (Å²) >= 11 is 7.97. The van der Waals surface area contributed by atoms with E-state index in [1.807, 2.05) is 67.7 Å². The lowest BCUT2D eigenvalue weighted by molar-refractivity contribution is 0.464. The van der Waals surface area contributed by atoms with E-state index in [0.29, 0.717) is 16.5 Å². The van der Waals surface area contributed by atoms with Crippen molar-refractivity contribution in [1.29, 1.82) is 5.53 Å². The average molecular weight is 625 g/mol. The van der Waals surface area contributed by atoms with Crippen molar-refractivity contribution in [3.8, 4) is 0 Å². The number of nitrogens with one attached hydrogen (secondary N) is 1. The third kappa shape index (κ3) is 8.55. The second kappa shape index (κ2) is 15.0. The van der Waals surface area contributed by atoms with Crippen LogP contribution in [0.1, 0.15) is 69.7 Å². The highest BCUT2D eigenvalue weighted by Gasteiger charge is 2.32. The molecule has 0 fully saturated rings. The largest absolute Gasteiger partial charge is 0.255 e. The molecule has 0 aliphatic heterocycles. The van der Waals surface area contributed by atoms with Gasteiger partial charge < -0.3 is 0 Å². The second-order valence-electron chi connectivity index (χ2n) is 10.9. The SMILES string of the molecule is CC(=NC=C(C(C)C(C)c1ccc(F)cc1)C(C)(C)c1ccc(S(C)=O)cc1)SCc1ccc(Cl)c(C(C)=NN=N)c1. The lowest BCUT2D eigenvalue weighted by Gasteiger charge is -2.35. The van der Waals surface area contributed by atoms with Crippen LogP contribution in [0.25, 0.3) is 0 Å². The zero-order valence-corrected chi connectivity index (χ0v) is 27.5. The van der Waals surface area contributed by atoms with Gasteiger partial charge in [0, 0.05) is 49.9 Å². The van der Waals surface area contributed by atoms with Gasteiger partial charge in [-0.25, -0.2) is 4.39 Å². The first kappa shape index (κ1) is 33.6. The summed E-state index contributed by atoms with van der Waals surface area (Å²) in [7, 11) is -1.05. The molecule has 3 aromatic carbocycles. The van der Waals surface area contributed by atoms with Crippen LogP contribution in [0.4, 0.5) is 4.39 Å². The Morgan fingerprint density at radius 3 is 2.31 bits per heavy atom. The van der Waals surface area contributed by atoms with Crippen molar-refractivity contribution in [1.82, 2.24) is 0 Å². The van der Waals surface area contributed by atoms with E-state index in [-0.39, 0.29) is 23.1 Å². The molecule has 222 valence electrons. The predicted octanol–water partition coefficient (Wildman–Crippen LogP) is 9.92. The van der Waals surface area contributed by atoms with Gasteiger partial charge in [0.25, 0.3) is 0 Å². The first-order chi connectivity index (χ1) is 19.8. The molecule has 0 aromatic heterocycles. The maximum Gasteiger partial charge on any atom is 0.123 e. The number of aliphatic imine (C=N–C) groups is 1. The molecule has 9 heteroatoms. The Morgan fingerprint density at radius 1 is 1.07 bits per heavy atom. The Kier molecular flexibility index (Phi) is 12.0. The lowest BCUT2D eigenvalue weighted by Crippen LogP contribution is -2.27. The van der Waals surface area contributed by atoms with Crippen molar-refractivity contribution in [2.24, 2.45) is 21.2 Å². The number of nitrogens with zero attached hydrogens (tertiary/aromatic N) is 3. The fraction of sp³-hybridized carbons (Fsp3) is 0.333. The van der Waals surface area contributed by atoms with Crippen LogP contribution in [-0.4, -0.2) is 21.2 Å². The molecular formula is C33H38ClFN4OS2. The molecule has 1 N–H and O–H groups in total. The van der Waals surface area contributed by atoms with E-state index >= 15 is 0 Å². The number of rotatable bonds is 11. The van der Waals surface area contributed by atoms with E-state index in [1.165, 1.54) is 12.1 Å². The minimum absolute atomic E-state index is 0.0931. The molecule has 3 rings (SSSR count). The molecule has 0 aliphatic rings. The van der Waals surface area contributed by atoms with Gasteiger partial charge in [0.1, 0.15) is 5.82 Å². The molecule has 0 spiro atoms. The van der Waals surface area contributed by atoms with Crippen LogP contribution in [0.5, 0.6) is 0 Å². The number of hydrogen-bond donors (Lipinski definition) is 1. The Morgan fingerprint density at radius 2 is 1.71 bits per heavy atom. The number of thioether (sulfide) groups is 1. The van der Waals surface area contributed by atoms with E-state index in [0.717, 1.165) is 37.8 Å². The molecule has 3 unspecified atom stereocenters. The van der Waals surface area contributed by atoms with Crippen LogP contribution in [0.2, 0.25) is 5.02 Å². The van der Waals surface area contributed by atoms with E-state index in [4.69, 9.17) is 22.1 Å². The maximum atomic E-state index is 13.7. The number of halogens is 2. The molecule has 0 saturated carbocycles. The molecule has 5 nitrogen and oxygen atoms in total. The summed E-state index contributed by atoms with van der Waals surface area (Å²) in [6, 6.07) is 20.4. The van der Waals surface area contributed by atoms with Crippen LogP contribution in [0.15, 0.2) is 98.7 Å². The minimum Gasteiger partial charge on any atom is -0.255 e. The number of hydrogen-bond acceptors (Lipinski definition) is 5. The maximum absolute atomic E-state index is 13.7. The highest BCUT2D eigenvalue weighted by Crippen LogP contribution is 2.42. The van der Waals surface area contributed by atoms with Crippen molar-refractivity contribution in [2.45, 2.75) is 63.5 Å². The summed E-state index contributed by atoms with van der Waals surface area (Å²) in [4.78, 5) is 5.70. The quantitative estimate of drug-likeness (QED) is 0.0997. The van der Waals surface area contributed by atoms with Crippen LogP contribution < -0.4 is 0 Å². The minimum atomic E-state index is -1.05. The highest BCUT2D eigenvalue weighted by atomic mass is 35.5. The number of benzene rings is 3. The average Bonchev–Trinajstić information content (AvgIpc) is 2.96. The van der Waals surface area contributed by atoms with Gasteiger partial charge >= 0.3 is 0 Å². The Balaban J connectivity index is 1.94. The first-order valence-electron chi connectivity index (χ1n) is 13.6. The van der Waals surface area contributed by atoms with Gasteiger partial charge in [0.05, 0.1) is 10.8 Å². The zero-order chi connectivity index (χ0) is 31.0. The molecule has 3 aromatic rings. The molecule has 0 heterocycles. The van der Waals surface area contributed by atoms with Crippen molar-refractivity contribution in [2.75, 3.05) is 6.26 Å². The van der Waals surface area contributed by atoms with Crippen molar-refractivity contribution < 1.29 is 8.60 Å². The summed E-state index contributed by atoms with van der Waals surface area (Å²) in [6.45, 7) is 12.5. The van der Waals surface area contributed by atoms with Gasteiger partial charge in [0.15, 0.2) is 0 Å². The van der Waals surface area contributed by atoms with Crippen LogP contribution in [0, 0.1) is 17.3 Å². The highest BCUT2D eigenvalue weighted by molar-refractivity contribution is 8.13. The fourth-order valence-electron chi connectivity index (χ4n) is 4.86. The third-order valence-electron chi connectivity index (χ3n) is 7.72. The van der Waals surface area contributed by atoms with Gasteiger partial charge in [-0.3, -0.25) is 9.20 Å². The van der Waals surface area contributed by atoms with E-state index in [1.54, 1.807) is 24.9 Å². The molecule has 0 amide bonds. The van der Waals surface area contributed by atoms with Crippen molar-refractivity contribution in [3.05, 3.63) is 112 Å². The monoisotopic (exact) mass is 624 g/mol. The molecule has 3 atom stereocenters. The fourth-order valence-corrected chi connectivity index (χ4v) is 6.31. The van der Waals surface area contributed by atoms with Gasteiger partial charge in [-0.2, -0.15) is 5.53 Å². The van der Waals surface area contributed by atoms with E-state index in [9.17, 15) is 8.60 Å². The lowest BCUT2D eigenvalue weighted by atomic mass is 9.69. The van der Waals surface area contributed by atoms with Crippen LogP contribution in [-0.2, 0) is 22.0 Å². The van der Waals surface area contributed by atoms with E-state index in [2.05, 4.69) is 38.0 Å². The topological polar surface area (TPSA) is 78.0 Å². The third-order valence-corrected chi connectivity index (χ3v) is 9.99. The Bertz CT molecular complexity index is 1520. The predicted molar refractivity (Wildman–Crippen MR) is 177 cm³/mol. The van der Waals surface area contributed by atoms with Crippen LogP contribution in [0.3, 0.4) is 0 Å². The number of allylic oxidation sites excluding steroid dienone is 1. The van der Waals surface area contributed by atoms with Crippen LogP contribution >= 0.6 is 23.4 Å². The van der Waals surface area contributed by atoms with Gasteiger partial charge in [-0.05, 0) is 84.3 Å². The van der Waals surface area contributed by atoms with E-state index < -0.39 is 10.8 Å². The molecular weight excluding hydrogens is 587 g/mol. The Hall–Kier alpha value is -2.94. The summed E-state index contributed by atoms with van der Waals surface area (Å²) < 4.78 is 25.6. The summed E-state index contributed by atoms with van der Waals surface area (Å²) in [5.74, 6) is 0.654. The standard InChI is InChI=1S/C33H38ClFN4OS2/c1-21(26-9-13-28(35)14-10-26)22(2)31(33(5,6)27-11-15-29(16-12-27)42(7)40)19-37-24(4)41-20-25-8-17-32(34)30(18-25)23(3)38-39-36/h8-19,21-22,36H,20H2,1-7H3. The zero-order valence-electron chi connectivity index (χ0n) is 25.1. The molecule has 0 aliphatic carbocycles. The van der Waals surface area contributed by atoms with Gasteiger partial charge in [-0.1, -0.05) is 74.9 Å². The first-order valence-corrected chi connectivity index (χ1v) is 16.5. The van der Waals surface area contributed by atoms with Crippen molar-refractivity contribution >= 4 is 44.9 Å². The van der Waals surface area contributed by atoms with Gasteiger partial charge in [0.2, 0.25) is 0 Å². The Labute approximate surface area is 260 Å². The molecule has 42 heavy (non-hydrogen) atoms. The summed E-state index contributed by atoms with van der Waals surface area (Å²) in [5, 5.41) is 8.40. The molecule has 0 saturated heterocycles. The molecule has 0 bridgehead atoms.